The summed E-state index contributed by atoms with van der Waals surface area (Å²) >= 11 is 0. The maximum Gasteiger partial charge on any atom is 0.236 e. The lowest BCUT2D eigenvalue weighted by atomic mass is 10.2. The molecule has 1 aromatic carbocycles. The molecule has 0 saturated carbocycles. The first-order chi connectivity index (χ1) is 6.79. The summed E-state index contributed by atoms with van der Waals surface area (Å²) < 4.78 is 34.4. The lowest BCUT2D eigenvalue weighted by molar-refractivity contribution is 0.296. The van der Waals surface area contributed by atoms with E-state index in [0.29, 0.717) is 0 Å². The SMILES string of the molecule is O=S(=O)(Cl)Cc1cc(N([O-])O)ccc1F. The van der Waals surface area contributed by atoms with Crippen LogP contribution in [0.2, 0.25) is 0 Å². The Hall–Kier alpha value is -0.890. The highest BCUT2D eigenvalue weighted by molar-refractivity contribution is 8.13. The molecule has 1 aromatic rings. The van der Waals surface area contributed by atoms with Crippen LogP contribution < -0.4 is 5.23 Å². The highest BCUT2D eigenvalue weighted by Crippen LogP contribution is 2.20. The molecule has 0 heterocycles. The third-order valence-corrected chi connectivity index (χ3v) is 2.56. The van der Waals surface area contributed by atoms with Crippen LogP contribution in [0, 0.1) is 11.0 Å². The molecule has 0 radical (unpaired) electrons. The third-order valence-electron chi connectivity index (χ3n) is 1.58. The predicted octanol–water partition coefficient (Wildman–Crippen LogP) is 1.59. The van der Waals surface area contributed by atoms with Crippen molar-refractivity contribution in [2.45, 2.75) is 5.75 Å². The number of halogens is 2. The van der Waals surface area contributed by atoms with Crippen molar-refractivity contribution in [3.8, 4) is 0 Å². The van der Waals surface area contributed by atoms with Crippen LogP contribution in [0.5, 0.6) is 0 Å². The monoisotopic (exact) mass is 254 g/mol. The van der Waals surface area contributed by atoms with Crippen LogP contribution >= 0.6 is 10.7 Å². The molecular formula is C7H6ClFNO4S-. The normalized spacial score (nSPS) is 11.5. The molecule has 0 saturated heterocycles. The molecule has 0 atom stereocenters. The van der Waals surface area contributed by atoms with E-state index in [2.05, 4.69) is 0 Å². The number of anilines is 1. The van der Waals surface area contributed by atoms with Gasteiger partial charge in [0.1, 0.15) is 5.82 Å². The Balaban J connectivity index is 3.11. The van der Waals surface area contributed by atoms with Crippen LogP contribution in [0.4, 0.5) is 10.1 Å². The molecule has 0 aliphatic carbocycles. The van der Waals surface area contributed by atoms with E-state index in [0.717, 1.165) is 18.2 Å². The molecule has 0 bridgehead atoms. The van der Waals surface area contributed by atoms with E-state index in [1.165, 1.54) is 0 Å². The number of rotatable bonds is 3. The standard InChI is InChI=1S/C7H6ClFNO4S/c8-15(13,14)4-5-3-6(10(11)12)1-2-7(5)9/h1-3,11H,4H2/q-1. The summed E-state index contributed by atoms with van der Waals surface area (Å²) in [5.74, 6) is -1.56. The largest absolute Gasteiger partial charge is 0.733 e. The van der Waals surface area contributed by atoms with Crippen molar-refractivity contribution >= 4 is 25.4 Å². The molecule has 0 aliphatic rings. The summed E-state index contributed by atoms with van der Waals surface area (Å²) in [4.78, 5) is 0. The summed E-state index contributed by atoms with van der Waals surface area (Å²) in [6, 6.07) is 2.78. The fraction of sp³-hybridized carbons (Fsp3) is 0.143. The van der Waals surface area contributed by atoms with Gasteiger partial charge in [-0.1, -0.05) is 0 Å². The molecule has 84 valence electrons. The molecule has 0 fully saturated rings. The van der Waals surface area contributed by atoms with Crippen LogP contribution in [-0.2, 0) is 14.8 Å². The van der Waals surface area contributed by atoms with Crippen molar-refractivity contribution in [1.82, 2.24) is 0 Å². The summed E-state index contributed by atoms with van der Waals surface area (Å²) in [6.07, 6.45) is 0. The van der Waals surface area contributed by atoms with E-state index in [4.69, 9.17) is 15.9 Å². The highest BCUT2D eigenvalue weighted by Gasteiger charge is 2.12. The summed E-state index contributed by atoms with van der Waals surface area (Å²) in [6.45, 7) is 0. The van der Waals surface area contributed by atoms with Gasteiger partial charge in [-0.3, -0.25) is 5.21 Å². The van der Waals surface area contributed by atoms with E-state index < -0.39 is 25.8 Å². The highest BCUT2D eigenvalue weighted by atomic mass is 35.7. The van der Waals surface area contributed by atoms with E-state index in [-0.39, 0.29) is 11.3 Å². The van der Waals surface area contributed by atoms with E-state index in [1.54, 1.807) is 0 Å². The van der Waals surface area contributed by atoms with Gasteiger partial charge in [-0.05, 0) is 18.2 Å². The summed E-state index contributed by atoms with van der Waals surface area (Å²) in [5, 5.41) is 18.5. The fourth-order valence-corrected chi connectivity index (χ4v) is 1.92. The van der Waals surface area contributed by atoms with Gasteiger partial charge in [0.05, 0.1) is 11.4 Å². The van der Waals surface area contributed by atoms with Crippen LogP contribution in [0.25, 0.3) is 0 Å². The Labute approximate surface area is 89.7 Å². The first-order valence-electron chi connectivity index (χ1n) is 3.66. The third kappa shape index (κ3) is 3.63. The Kier molecular flexibility index (Phi) is 3.50. The minimum Gasteiger partial charge on any atom is -0.733 e. The van der Waals surface area contributed by atoms with Gasteiger partial charge in [0, 0.05) is 16.2 Å². The van der Waals surface area contributed by atoms with Crippen molar-refractivity contribution in [1.29, 1.82) is 0 Å². The van der Waals surface area contributed by atoms with Gasteiger partial charge < -0.3 is 10.4 Å². The summed E-state index contributed by atoms with van der Waals surface area (Å²) in [7, 11) is 1.01. The van der Waals surface area contributed by atoms with Crippen LogP contribution in [-0.4, -0.2) is 13.6 Å². The molecule has 0 unspecified atom stereocenters. The predicted molar refractivity (Wildman–Crippen MR) is 52.5 cm³/mol. The molecule has 1 rings (SSSR count). The molecule has 5 nitrogen and oxygen atoms in total. The molecule has 8 heteroatoms. The van der Waals surface area contributed by atoms with Gasteiger partial charge in [-0.25, -0.2) is 12.8 Å². The Morgan fingerprint density at radius 2 is 2.13 bits per heavy atom. The molecule has 0 spiro atoms. The van der Waals surface area contributed by atoms with Crippen molar-refractivity contribution in [2.24, 2.45) is 0 Å². The Morgan fingerprint density at radius 1 is 1.53 bits per heavy atom. The first kappa shape index (κ1) is 12.2. The van der Waals surface area contributed by atoms with Crippen molar-refractivity contribution in [3.63, 3.8) is 0 Å². The second kappa shape index (κ2) is 4.31. The number of nitrogens with zero attached hydrogens (tertiary/aromatic N) is 1. The zero-order chi connectivity index (χ0) is 11.6. The maximum absolute atomic E-state index is 13.0. The fourth-order valence-electron chi connectivity index (χ4n) is 0.976. The average molecular weight is 255 g/mol. The van der Waals surface area contributed by atoms with Gasteiger partial charge in [-0.15, -0.1) is 0 Å². The van der Waals surface area contributed by atoms with Gasteiger partial charge >= 0.3 is 0 Å². The molecule has 0 amide bonds. The lowest BCUT2D eigenvalue weighted by Crippen LogP contribution is -2.08. The number of hydrogen-bond acceptors (Lipinski definition) is 5. The second-order valence-corrected chi connectivity index (χ2v) is 5.51. The minimum atomic E-state index is -3.91. The Morgan fingerprint density at radius 3 is 2.60 bits per heavy atom. The first-order valence-corrected chi connectivity index (χ1v) is 6.14. The molecule has 15 heavy (non-hydrogen) atoms. The topological polar surface area (TPSA) is 80.7 Å². The molecular weight excluding hydrogens is 249 g/mol. The van der Waals surface area contributed by atoms with Gasteiger partial charge in [0.2, 0.25) is 9.05 Å². The second-order valence-electron chi connectivity index (χ2n) is 2.73. The summed E-state index contributed by atoms with van der Waals surface area (Å²) in [5.41, 5.74) is -0.552. The Bertz CT molecular complexity index is 462. The molecule has 0 aliphatic heterocycles. The van der Waals surface area contributed by atoms with E-state index in [9.17, 15) is 18.0 Å². The van der Waals surface area contributed by atoms with Crippen LogP contribution in [0.3, 0.4) is 0 Å². The zero-order valence-electron chi connectivity index (χ0n) is 7.22. The van der Waals surface area contributed by atoms with E-state index in [1.807, 2.05) is 0 Å². The van der Waals surface area contributed by atoms with Crippen molar-refractivity contribution in [3.05, 3.63) is 34.8 Å². The van der Waals surface area contributed by atoms with Crippen molar-refractivity contribution < 1.29 is 18.0 Å². The number of benzene rings is 1. The maximum atomic E-state index is 13.0. The molecule has 0 aromatic heterocycles. The quantitative estimate of drug-likeness (QED) is 0.654. The lowest BCUT2D eigenvalue weighted by Gasteiger charge is -2.22. The average Bonchev–Trinajstić information content (AvgIpc) is 2.06. The van der Waals surface area contributed by atoms with E-state index >= 15 is 0 Å². The van der Waals surface area contributed by atoms with Crippen molar-refractivity contribution in [2.75, 3.05) is 5.23 Å². The van der Waals surface area contributed by atoms with Gasteiger partial charge in [-0.2, -0.15) is 0 Å². The minimum absolute atomic E-state index is 0.272. The van der Waals surface area contributed by atoms with Crippen LogP contribution in [0.1, 0.15) is 5.56 Å². The van der Waals surface area contributed by atoms with Crippen LogP contribution in [0.15, 0.2) is 18.2 Å². The number of hydrogen-bond donors (Lipinski definition) is 1. The van der Waals surface area contributed by atoms with Gasteiger partial charge in [0.25, 0.3) is 0 Å². The molecule has 1 N–H and O–H groups in total. The smallest absolute Gasteiger partial charge is 0.236 e. The van der Waals surface area contributed by atoms with Gasteiger partial charge in [0.15, 0.2) is 0 Å². The zero-order valence-corrected chi connectivity index (χ0v) is 8.79.